The number of nitrogens with two attached hydrogens (primary N) is 1. The lowest BCUT2D eigenvalue weighted by atomic mass is 9.83. The van der Waals surface area contributed by atoms with Crippen molar-refractivity contribution in [3.63, 3.8) is 0 Å². The van der Waals surface area contributed by atoms with Crippen LogP contribution in [0.3, 0.4) is 0 Å². The van der Waals surface area contributed by atoms with Crippen LogP contribution in [0.15, 0.2) is 24.3 Å². The topological polar surface area (TPSA) is 122 Å². The quantitative estimate of drug-likeness (QED) is 0.615. The minimum Gasteiger partial charge on any atom is -0.511 e. The summed E-state index contributed by atoms with van der Waals surface area (Å²) in [6.07, 6.45) is -0.222. The van der Waals surface area contributed by atoms with Gasteiger partial charge in [-0.15, -0.1) is 0 Å². The molecule has 1 aliphatic carbocycles. The number of aromatic nitrogens is 2. The lowest BCUT2D eigenvalue weighted by Crippen LogP contribution is -2.47. The van der Waals surface area contributed by atoms with Gasteiger partial charge in [0, 0.05) is 12.0 Å². The first-order valence-corrected chi connectivity index (χ1v) is 7.00. The van der Waals surface area contributed by atoms with Crippen LogP contribution in [0.2, 0.25) is 0 Å². The molecule has 7 nitrogen and oxygen atoms in total. The fourth-order valence-electron chi connectivity index (χ4n) is 2.93. The number of anilines is 1. The van der Waals surface area contributed by atoms with Crippen molar-refractivity contribution in [3.05, 3.63) is 46.1 Å². The molecule has 5 N–H and O–H groups in total. The van der Waals surface area contributed by atoms with Crippen molar-refractivity contribution >= 4 is 17.5 Å². The fraction of sp³-hybridized carbons (Fsp3) is 0.250. The third kappa shape index (κ3) is 2.17. The second-order valence-electron chi connectivity index (χ2n) is 5.42. The van der Waals surface area contributed by atoms with Gasteiger partial charge in [0.05, 0.1) is 18.0 Å². The van der Waals surface area contributed by atoms with Gasteiger partial charge in [-0.3, -0.25) is 0 Å². The third-order valence-corrected chi connectivity index (χ3v) is 3.99. The van der Waals surface area contributed by atoms with Crippen molar-refractivity contribution in [1.82, 2.24) is 9.97 Å². The van der Waals surface area contributed by atoms with E-state index in [9.17, 15) is 15.3 Å². The zero-order valence-electron chi connectivity index (χ0n) is 12.7. The standard InChI is InChI=1S/C16H17N3O4/c1-8-12-10(20)7-16(22,9-5-3-4-6-11(9)23-2)14(21)13(12)19-15(17)18-8/h3-6,20-22H,7H2,1-2H3,(H2,17,19). The molecule has 0 saturated heterocycles. The van der Waals surface area contributed by atoms with E-state index in [4.69, 9.17) is 10.5 Å². The number of aliphatic hydroxyl groups is 3. The van der Waals surface area contributed by atoms with Crippen molar-refractivity contribution in [2.45, 2.75) is 18.9 Å². The molecule has 1 atom stereocenters. The Balaban J connectivity index is 2.39. The first-order valence-electron chi connectivity index (χ1n) is 7.00. The number of hydrogen-bond acceptors (Lipinski definition) is 7. The molecule has 2 aromatic rings. The molecule has 3 rings (SSSR count). The Kier molecular flexibility index (Phi) is 3.37. The summed E-state index contributed by atoms with van der Waals surface area (Å²) in [5.41, 5.74) is 4.52. The van der Waals surface area contributed by atoms with Gasteiger partial charge < -0.3 is 25.8 Å². The minimum atomic E-state index is -1.86. The average Bonchev–Trinajstić information content (AvgIpc) is 2.51. The smallest absolute Gasteiger partial charge is 0.220 e. The van der Waals surface area contributed by atoms with Crippen LogP contribution in [0.4, 0.5) is 5.95 Å². The number of hydrogen-bond donors (Lipinski definition) is 4. The molecule has 7 heteroatoms. The minimum absolute atomic E-state index is 0.0205. The number of aryl methyl sites for hydroxylation is 1. The van der Waals surface area contributed by atoms with Crippen LogP contribution in [0.1, 0.15) is 17.7 Å². The van der Waals surface area contributed by atoms with Crippen LogP contribution >= 0.6 is 0 Å². The van der Waals surface area contributed by atoms with E-state index in [2.05, 4.69) is 9.97 Å². The van der Waals surface area contributed by atoms with Crippen LogP contribution in [-0.4, -0.2) is 32.4 Å². The van der Waals surface area contributed by atoms with Gasteiger partial charge in [0.2, 0.25) is 5.95 Å². The van der Waals surface area contributed by atoms with E-state index in [0.717, 1.165) is 0 Å². The maximum Gasteiger partial charge on any atom is 0.220 e. The molecule has 0 spiro atoms. The van der Waals surface area contributed by atoms with Crippen LogP contribution in [0.25, 0.3) is 11.5 Å². The van der Waals surface area contributed by atoms with Gasteiger partial charge in [-0.2, -0.15) is 0 Å². The Bertz CT molecular complexity index is 910. The number of fused-ring (bicyclic) bond motifs is 1. The lowest BCUT2D eigenvalue weighted by molar-refractivity contribution is 0.0640. The van der Waals surface area contributed by atoms with Gasteiger partial charge >= 0.3 is 0 Å². The molecule has 0 aliphatic heterocycles. The second kappa shape index (κ2) is 5.13. The van der Waals surface area contributed by atoms with E-state index in [1.807, 2.05) is 0 Å². The number of nitrogens with zero attached hydrogens (tertiary/aromatic N) is 2. The van der Waals surface area contributed by atoms with E-state index in [1.165, 1.54) is 7.11 Å². The molecule has 120 valence electrons. The number of rotatable bonds is 2. The highest BCUT2D eigenvalue weighted by molar-refractivity contribution is 5.62. The van der Waals surface area contributed by atoms with E-state index >= 15 is 0 Å². The maximum atomic E-state index is 11.1. The monoisotopic (exact) mass is 315 g/mol. The molecule has 23 heavy (non-hydrogen) atoms. The molecular formula is C16H17N3O4. The molecule has 1 aromatic heterocycles. The van der Waals surface area contributed by atoms with Crippen LogP contribution in [0.5, 0.6) is 5.75 Å². The molecule has 1 aliphatic rings. The molecule has 0 amide bonds. The van der Waals surface area contributed by atoms with Crippen molar-refractivity contribution in [3.8, 4) is 5.75 Å². The Hall–Kier alpha value is -2.80. The molecule has 1 unspecified atom stereocenters. The summed E-state index contributed by atoms with van der Waals surface area (Å²) in [5.74, 6) is -0.183. The first-order chi connectivity index (χ1) is 10.9. The highest BCUT2D eigenvalue weighted by Crippen LogP contribution is 2.40. The number of benzene rings is 1. The van der Waals surface area contributed by atoms with Crippen molar-refractivity contribution in [1.29, 1.82) is 0 Å². The largest absolute Gasteiger partial charge is 0.511 e. The van der Waals surface area contributed by atoms with Crippen molar-refractivity contribution < 1.29 is 20.1 Å². The average molecular weight is 315 g/mol. The maximum absolute atomic E-state index is 11.1. The molecular weight excluding hydrogens is 298 g/mol. The first kappa shape index (κ1) is 15.1. The summed E-state index contributed by atoms with van der Waals surface area (Å²) >= 11 is 0. The third-order valence-electron chi connectivity index (χ3n) is 3.99. The summed E-state index contributed by atoms with van der Waals surface area (Å²) in [6, 6.07) is 6.72. The normalized spacial score (nSPS) is 20.3. The van der Waals surface area contributed by atoms with Crippen molar-refractivity contribution in [2.24, 2.45) is 0 Å². The summed E-state index contributed by atoms with van der Waals surface area (Å²) < 4.78 is 5.25. The molecule has 0 radical (unpaired) electrons. The number of aliphatic hydroxyl groups excluding tert-OH is 2. The summed E-state index contributed by atoms with van der Waals surface area (Å²) in [5, 5.41) is 32.4. The van der Waals surface area contributed by atoms with E-state index in [-0.39, 0.29) is 28.7 Å². The van der Waals surface area contributed by atoms with E-state index in [0.29, 0.717) is 17.0 Å². The van der Waals surface area contributed by atoms with Gasteiger partial charge in [-0.25, -0.2) is 9.97 Å². The summed E-state index contributed by atoms with van der Waals surface area (Å²) in [6.45, 7) is 1.65. The van der Waals surface area contributed by atoms with Crippen LogP contribution < -0.4 is 21.0 Å². The summed E-state index contributed by atoms with van der Waals surface area (Å²) in [7, 11) is 1.46. The zero-order chi connectivity index (χ0) is 16.8. The number of ether oxygens (including phenoxy) is 1. The number of nitrogen functional groups attached to an aromatic ring is 1. The van der Waals surface area contributed by atoms with Gasteiger partial charge in [-0.1, -0.05) is 18.2 Å². The Labute approximate surface area is 132 Å². The van der Waals surface area contributed by atoms with Crippen LogP contribution in [0, 0.1) is 6.92 Å². The number of para-hydroxylation sites is 1. The predicted octanol–water partition coefficient (Wildman–Crippen LogP) is -0.000280. The molecule has 1 aromatic carbocycles. The van der Waals surface area contributed by atoms with E-state index < -0.39 is 11.4 Å². The Morgan fingerprint density at radius 1 is 1.22 bits per heavy atom. The Morgan fingerprint density at radius 3 is 2.61 bits per heavy atom. The predicted molar refractivity (Wildman–Crippen MR) is 84.0 cm³/mol. The zero-order valence-corrected chi connectivity index (χ0v) is 12.7. The van der Waals surface area contributed by atoms with Gasteiger partial charge in [0.25, 0.3) is 0 Å². The summed E-state index contributed by atoms with van der Waals surface area (Å²) in [4.78, 5) is 7.96. The molecule has 0 fully saturated rings. The van der Waals surface area contributed by atoms with Gasteiger partial charge in [-0.05, 0) is 13.0 Å². The molecule has 1 heterocycles. The highest BCUT2D eigenvalue weighted by atomic mass is 16.5. The number of methoxy groups -OCH3 is 1. The van der Waals surface area contributed by atoms with Crippen molar-refractivity contribution in [2.75, 3.05) is 12.8 Å². The van der Waals surface area contributed by atoms with Gasteiger partial charge in [0.1, 0.15) is 16.9 Å². The van der Waals surface area contributed by atoms with Gasteiger partial charge in [0.15, 0.2) is 11.4 Å². The fourth-order valence-corrected chi connectivity index (χ4v) is 2.93. The second-order valence-corrected chi connectivity index (χ2v) is 5.42. The molecule has 0 saturated carbocycles. The van der Waals surface area contributed by atoms with E-state index in [1.54, 1.807) is 31.2 Å². The lowest BCUT2D eigenvalue weighted by Gasteiger charge is -2.31. The Morgan fingerprint density at radius 2 is 1.91 bits per heavy atom. The SMILES string of the molecule is COc1ccccc1C1(O)CC(O)=c2c(C)nc(N)nc2=C1O. The van der Waals surface area contributed by atoms with Crippen LogP contribution in [-0.2, 0) is 5.60 Å². The molecule has 0 bridgehead atoms. The highest BCUT2D eigenvalue weighted by Gasteiger charge is 2.41.